The highest BCUT2D eigenvalue weighted by Gasteiger charge is 2.24. The lowest BCUT2D eigenvalue weighted by molar-refractivity contribution is -0.134. The second-order valence-electron chi connectivity index (χ2n) is 7.42. The fourth-order valence-electron chi connectivity index (χ4n) is 3.70. The topological polar surface area (TPSA) is 55.9 Å². The number of thioether (sulfide) groups is 1. The van der Waals surface area contributed by atoms with E-state index in [2.05, 4.69) is 10.2 Å². The van der Waals surface area contributed by atoms with Crippen molar-refractivity contribution in [2.45, 2.75) is 29.9 Å². The highest BCUT2D eigenvalue weighted by Crippen LogP contribution is 2.31. The van der Waals surface area contributed by atoms with E-state index in [0.29, 0.717) is 42.0 Å². The number of carbonyl (C=O) groups is 2. The molecule has 0 saturated carbocycles. The summed E-state index contributed by atoms with van der Waals surface area (Å²) in [5.41, 5.74) is 0.411. The molecule has 0 aliphatic carbocycles. The van der Waals surface area contributed by atoms with Crippen molar-refractivity contribution in [2.24, 2.45) is 0 Å². The normalized spacial score (nSPS) is 18.8. The lowest BCUT2D eigenvalue weighted by Crippen LogP contribution is -2.51. The fourth-order valence-corrected chi connectivity index (χ4v) is 4.30. The molecule has 2 heterocycles. The van der Waals surface area contributed by atoms with E-state index in [4.69, 9.17) is 0 Å². The van der Waals surface area contributed by atoms with Gasteiger partial charge in [-0.05, 0) is 31.4 Å². The Morgan fingerprint density at radius 2 is 1.55 bits per heavy atom. The number of nitrogens with one attached hydrogen (secondary N) is 1. The molecule has 0 bridgehead atoms. The van der Waals surface area contributed by atoms with Crippen molar-refractivity contribution in [2.75, 3.05) is 57.7 Å². The smallest absolute Gasteiger partial charge is 0.288 e. The first kappa shape index (κ1) is 22.0. The standard InChI is InChI=1S/C20H28F2N4O2S/c21-20(22)29-17-7-3-2-6-16(17)23-18(27)14-24-10-12-25(13-11-24)15-19(28)26-8-4-1-5-9-26/h2-3,6-7,20H,1,4-5,8-15H2,(H,23,27). The van der Waals surface area contributed by atoms with Crippen molar-refractivity contribution >= 4 is 29.3 Å². The summed E-state index contributed by atoms with van der Waals surface area (Å²) in [5, 5.41) is 2.74. The van der Waals surface area contributed by atoms with Crippen LogP contribution in [0.25, 0.3) is 0 Å². The zero-order valence-electron chi connectivity index (χ0n) is 16.5. The van der Waals surface area contributed by atoms with Crippen LogP contribution in [0.4, 0.5) is 14.5 Å². The Bertz CT molecular complexity index is 693. The molecule has 1 N–H and O–H groups in total. The number of carbonyl (C=O) groups excluding carboxylic acids is 2. The van der Waals surface area contributed by atoms with E-state index in [0.717, 1.165) is 39.0 Å². The number of anilines is 1. The Labute approximate surface area is 174 Å². The van der Waals surface area contributed by atoms with Gasteiger partial charge in [0, 0.05) is 44.2 Å². The molecule has 2 saturated heterocycles. The summed E-state index contributed by atoms with van der Waals surface area (Å²) in [5.74, 6) is -2.55. The molecule has 0 spiro atoms. The quantitative estimate of drug-likeness (QED) is 0.680. The SMILES string of the molecule is O=C(CN1CCN(CC(=O)N2CCCCC2)CC1)Nc1ccccc1SC(F)F. The molecule has 2 aliphatic rings. The maximum absolute atomic E-state index is 12.7. The summed E-state index contributed by atoms with van der Waals surface area (Å²) < 4.78 is 25.3. The number of piperidine rings is 1. The van der Waals surface area contributed by atoms with Crippen LogP contribution in [0.2, 0.25) is 0 Å². The Morgan fingerprint density at radius 1 is 0.931 bits per heavy atom. The molecule has 1 aromatic carbocycles. The molecule has 6 nitrogen and oxygen atoms in total. The number of hydrogen-bond donors (Lipinski definition) is 1. The van der Waals surface area contributed by atoms with Crippen LogP contribution in [-0.4, -0.2) is 84.6 Å². The highest BCUT2D eigenvalue weighted by atomic mass is 32.2. The Hall–Kier alpha value is -1.71. The maximum atomic E-state index is 12.7. The molecule has 0 aromatic heterocycles. The number of rotatable bonds is 7. The van der Waals surface area contributed by atoms with Gasteiger partial charge in [-0.25, -0.2) is 0 Å². The molecule has 0 radical (unpaired) electrons. The first-order valence-corrected chi connectivity index (χ1v) is 11.0. The van der Waals surface area contributed by atoms with Gasteiger partial charge in [-0.15, -0.1) is 0 Å². The van der Waals surface area contributed by atoms with E-state index in [1.54, 1.807) is 24.3 Å². The lowest BCUT2D eigenvalue weighted by Gasteiger charge is -2.35. The third-order valence-electron chi connectivity index (χ3n) is 5.28. The van der Waals surface area contributed by atoms with Crippen molar-refractivity contribution in [3.8, 4) is 0 Å². The van der Waals surface area contributed by atoms with Gasteiger partial charge in [0.2, 0.25) is 11.8 Å². The van der Waals surface area contributed by atoms with Crippen LogP contribution in [0.1, 0.15) is 19.3 Å². The average molecular weight is 427 g/mol. The number of para-hydroxylation sites is 1. The zero-order chi connectivity index (χ0) is 20.6. The van der Waals surface area contributed by atoms with E-state index < -0.39 is 5.76 Å². The summed E-state index contributed by atoms with van der Waals surface area (Å²) in [6, 6.07) is 6.59. The molecule has 0 atom stereocenters. The van der Waals surface area contributed by atoms with Crippen LogP contribution < -0.4 is 5.32 Å². The minimum absolute atomic E-state index is 0.198. The van der Waals surface area contributed by atoms with Gasteiger partial charge in [0.15, 0.2) is 0 Å². The number of hydrogen-bond acceptors (Lipinski definition) is 5. The molecule has 2 fully saturated rings. The molecule has 9 heteroatoms. The number of piperazine rings is 1. The summed E-state index contributed by atoms with van der Waals surface area (Å²) in [4.78, 5) is 31.2. The van der Waals surface area contributed by atoms with Crippen molar-refractivity contribution in [1.82, 2.24) is 14.7 Å². The van der Waals surface area contributed by atoms with E-state index in [1.807, 2.05) is 9.80 Å². The summed E-state index contributed by atoms with van der Waals surface area (Å²) in [6.07, 6.45) is 3.39. The van der Waals surface area contributed by atoms with Crippen LogP contribution in [0.5, 0.6) is 0 Å². The van der Waals surface area contributed by atoms with Crippen LogP contribution in [0.15, 0.2) is 29.2 Å². The fraction of sp³-hybridized carbons (Fsp3) is 0.600. The van der Waals surface area contributed by atoms with Crippen LogP contribution in [0, 0.1) is 0 Å². The van der Waals surface area contributed by atoms with Gasteiger partial charge in [-0.2, -0.15) is 8.78 Å². The minimum Gasteiger partial charge on any atom is -0.342 e. The van der Waals surface area contributed by atoms with Crippen molar-refractivity contribution in [3.05, 3.63) is 24.3 Å². The van der Waals surface area contributed by atoms with E-state index in [1.165, 1.54) is 6.42 Å². The van der Waals surface area contributed by atoms with Gasteiger partial charge in [-0.1, -0.05) is 23.9 Å². The highest BCUT2D eigenvalue weighted by molar-refractivity contribution is 7.99. The van der Waals surface area contributed by atoms with Gasteiger partial charge in [-0.3, -0.25) is 19.4 Å². The molecule has 0 unspecified atom stereocenters. The zero-order valence-corrected chi connectivity index (χ0v) is 17.3. The summed E-state index contributed by atoms with van der Waals surface area (Å²) in [7, 11) is 0. The Kier molecular flexibility index (Phi) is 8.26. The Balaban J connectivity index is 1.41. The number of halogens is 2. The van der Waals surface area contributed by atoms with Gasteiger partial charge in [0.05, 0.1) is 18.8 Å². The predicted molar refractivity (Wildman–Crippen MR) is 110 cm³/mol. The van der Waals surface area contributed by atoms with Crippen LogP contribution in [-0.2, 0) is 9.59 Å². The van der Waals surface area contributed by atoms with E-state index in [9.17, 15) is 18.4 Å². The largest absolute Gasteiger partial charge is 0.342 e. The molecular weight excluding hydrogens is 398 g/mol. The second kappa shape index (κ2) is 10.9. The van der Waals surface area contributed by atoms with E-state index >= 15 is 0 Å². The van der Waals surface area contributed by atoms with Gasteiger partial charge in [0.25, 0.3) is 5.76 Å². The number of benzene rings is 1. The molecule has 3 rings (SSSR count). The molecular formula is C20H28F2N4O2S. The molecule has 2 amide bonds. The van der Waals surface area contributed by atoms with Gasteiger partial charge in [0.1, 0.15) is 0 Å². The number of alkyl halides is 2. The van der Waals surface area contributed by atoms with Crippen LogP contribution >= 0.6 is 11.8 Å². The molecule has 29 heavy (non-hydrogen) atoms. The molecule has 2 aliphatic heterocycles. The number of nitrogens with zero attached hydrogens (tertiary/aromatic N) is 3. The van der Waals surface area contributed by atoms with Gasteiger partial charge < -0.3 is 10.2 Å². The van der Waals surface area contributed by atoms with Crippen molar-refractivity contribution in [1.29, 1.82) is 0 Å². The second-order valence-corrected chi connectivity index (χ2v) is 8.45. The summed E-state index contributed by atoms with van der Waals surface area (Å²) in [6.45, 7) is 5.27. The molecule has 160 valence electrons. The summed E-state index contributed by atoms with van der Waals surface area (Å²) >= 11 is 0.426. The Morgan fingerprint density at radius 3 is 2.21 bits per heavy atom. The first-order valence-electron chi connectivity index (χ1n) is 10.1. The number of likely N-dealkylation sites (tertiary alicyclic amines) is 1. The van der Waals surface area contributed by atoms with Crippen molar-refractivity contribution < 1.29 is 18.4 Å². The minimum atomic E-state index is -2.53. The predicted octanol–water partition coefficient (Wildman–Crippen LogP) is 2.57. The maximum Gasteiger partial charge on any atom is 0.288 e. The lowest BCUT2D eigenvalue weighted by atomic mass is 10.1. The molecule has 1 aromatic rings. The average Bonchev–Trinajstić information content (AvgIpc) is 2.71. The van der Waals surface area contributed by atoms with Crippen molar-refractivity contribution in [3.63, 3.8) is 0 Å². The third-order valence-corrected chi connectivity index (χ3v) is 6.07. The first-order chi connectivity index (χ1) is 14.0. The monoisotopic (exact) mass is 426 g/mol. The van der Waals surface area contributed by atoms with E-state index in [-0.39, 0.29) is 18.4 Å². The van der Waals surface area contributed by atoms with Gasteiger partial charge >= 0.3 is 0 Å². The third kappa shape index (κ3) is 6.94. The van der Waals surface area contributed by atoms with Crippen LogP contribution in [0.3, 0.4) is 0 Å². The number of amides is 2.